The molecule has 0 unspecified atom stereocenters. The van der Waals surface area contributed by atoms with E-state index in [2.05, 4.69) is 5.32 Å². The molecule has 0 saturated carbocycles. The Morgan fingerprint density at radius 2 is 1.86 bits per heavy atom. The van der Waals surface area contributed by atoms with Gasteiger partial charge in [-0.2, -0.15) is 0 Å². The van der Waals surface area contributed by atoms with Gasteiger partial charge in [0.2, 0.25) is 5.91 Å². The van der Waals surface area contributed by atoms with Crippen molar-refractivity contribution >= 4 is 46.8 Å². The Hall–Kier alpha value is -4.05. The number of likely N-dealkylation sites (N-methyl/N-ethyl adjacent to an activating group) is 1. The van der Waals surface area contributed by atoms with E-state index in [-0.39, 0.29) is 36.2 Å². The van der Waals surface area contributed by atoms with Crippen LogP contribution >= 0.6 is 11.8 Å². The molecule has 9 nitrogen and oxygen atoms in total. The Balaban J connectivity index is 1.35. The summed E-state index contributed by atoms with van der Waals surface area (Å²) in [5, 5.41) is 2.75. The first-order valence-electron chi connectivity index (χ1n) is 10.8. The van der Waals surface area contributed by atoms with Crippen LogP contribution in [0.2, 0.25) is 0 Å². The number of nitrogens with one attached hydrogen (secondary N) is 1. The quantitative estimate of drug-likeness (QED) is 0.481. The number of thioether (sulfide) groups is 1. The minimum Gasteiger partial charge on any atom is -0.467 e. The van der Waals surface area contributed by atoms with Gasteiger partial charge in [-0.1, -0.05) is 24.3 Å². The first-order valence-corrected chi connectivity index (χ1v) is 11.8. The highest BCUT2D eigenvalue weighted by molar-refractivity contribution is 8.00. The smallest absolute Gasteiger partial charge is 0.326 e. The minimum atomic E-state index is -0.703. The van der Waals surface area contributed by atoms with Crippen molar-refractivity contribution in [1.82, 2.24) is 5.32 Å². The maximum Gasteiger partial charge on any atom is 0.326 e. The predicted octanol–water partition coefficient (Wildman–Crippen LogP) is 2.85. The SMILES string of the molecule is CN(C(=O)COC(=O)CN1C(=O)CSc2ccccc21)c1ccccc1C(=O)NCc1ccco1. The normalized spacial score (nSPS) is 12.6. The summed E-state index contributed by atoms with van der Waals surface area (Å²) in [5.41, 5.74) is 1.29. The van der Waals surface area contributed by atoms with Crippen LogP contribution in [-0.2, 0) is 25.7 Å². The van der Waals surface area contributed by atoms with Crippen molar-refractivity contribution in [3.05, 3.63) is 78.3 Å². The summed E-state index contributed by atoms with van der Waals surface area (Å²) in [7, 11) is 1.50. The number of amides is 3. The van der Waals surface area contributed by atoms with Gasteiger partial charge in [-0.25, -0.2) is 0 Å². The van der Waals surface area contributed by atoms with Crippen LogP contribution in [-0.4, -0.2) is 49.6 Å². The van der Waals surface area contributed by atoms with Crippen LogP contribution in [0.4, 0.5) is 11.4 Å². The molecule has 180 valence electrons. The molecule has 0 saturated heterocycles. The molecule has 0 fully saturated rings. The van der Waals surface area contributed by atoms with Crippen molar-refractivity contribution < 1.29 is 28.3 Å². The maximum absolute atomic E-state index is 12.7. The molecular weight excluding hydrogens is 470 g/mol. The summed E-state index contributed by atoms with van der Waals surface area (Å²) in [4.78, 5) is 53.7. The number of furan rings is 1. The second-order valence-corrected chi connectivity index (χ2v) is 8.65. The van der Waals surface area contributed by atoms with Crippen LogP contribution in [0, 0.1) is 0 Å². The minimum absolute atomic E-state index is 0.201. The van der Waals surface area contributed by atoms with Gasteiger partial charge in [-0.3, -0.25) is 24.1 Å². The number of nitrogens with zero attached hydrogens (tertiary/aromatic N) is 2. The maximum atomic E-state index is 12.7. The third-order valence-electron chi connectivity index (χ3n) is 5.34. The molecule has 1 aliphatic heterocycles. The van der Waals surface area contributed by atoms with Crippen molar-refractivity contribution in [2.24, 2.45) is 0 Å². The third-order valence-corrected chi connectivity index (χ3v) is 6.39. The summed E-state index contributed by atoms with van der Waals surface area (Å²) in [6.45, 7) is -0.623. The Kier molecular flexibility index (Phi) is 7.51. The number of anilines is 2. The van der Waals surface area contributed by atoms with Gasteiger partial charge in [0.15, 0.2) is 6.61 Å². The average Bonchev–Trinajstić information content (AvgIpc) is 3.41. The van der Waals surface area contributed by atoms with Crippen molar-refractivity contribution in [1.29, 1.82) is 0 Å². The molecule has 2 aromatic carbocycles. The van der Waals surface area contributed by atoms with Gasteiger partial charge in [-0.15, -0.1) is 11.8 Å². The molecule has 1 aliphatic rings. The van der Waals surface area contributed by atoms with Crippen molar-refractivity contribution in [2.75, 3.05) is 35.8 Å². The fourth-order valence-electron chi connectivity index (χ4n) is 3.51. The molecule has 3 amide bonds. The lowest BCUT2D eigenvalue weighted by Gasteiger charge is -2.28. The third kappa shape index (κ3) is 5.72. The highest BCUT2D eigenvalue weighted by Crippen LogP contribution is 2.34. The van der Waals surface area contributed by atoms with Gasteiger partial charge in [0.05, 0.1) is 35.5 Å². The van der Waals surface area contributed by atoms with Crippen LogP contribution in [0.3, 0.4) is 0 Å². The lowest BCUT2D eigenvalue weighted by molar-refractivity contribution is -0.146. The monoisotopic (exact) mass is 493 g/mol. The molecular formula is C25H23N3O6S. The number of hydrogen-bond donors (Lipinski definition) is 1. The number of para-hydroxylation sites is 2. The van der Waals surface area contributed by atoms with E-state index in [1.165, 1.54) is 34.9 Å². The summed E-state index contributed by atoms with van der Waals surface area (Å²) in [5.74, 6) is -0.986. The van der Waals surface area contributed by atoms with E-state index in [9.17, 15) is 19.2 Å². The number of rotatable bonds is 8. The number of hydrogen-bond acceptors (Lipinski definition) is 7. The zero-order valence-corrected chi connectivity index (χ0v) is 19.7. The number of benzene rings is 2. The Labute approximate surface area is 206 Å². The van der Waals surface area contributed by atoms with Gasteiger partial charge in [0.25, 0.3) is 11.8 Å². The fourth-order valence-corrected chi connectivity index (χ4v) is 4.45. The lowest BCUT2D eigenvalue weighted by Crippen LogP contribution is -2.41. The van der Waals surface area contributed by atoms with E-state index in [1.807, 2.05) is 12.1 Å². The zero-order chi connectivity index (χ0) is 24.8. The molecule has 1 N–H and O–H groups in total. The molecule has 3 aromatic rings. The first-order chi connectivity index (χ1) is 16.9. The summed E-state index contributed by atoms with van der Waals surface area (Å²) in [6.07, 6.45) is 1.52. The van der Waals surface area contributed by atoms with Crippen molar-refractivity contribution in [3.8, 4) is 0 Å². The van der Waals surface area contributed by atoms with Crippen molar-refractivity contribution in [2.45, 2.75) is 11.4 Å². The Bertz CT molecular complexity index is 1240. The number of esters is 1. The molecule has 0 atom stereocenters. The molecule has 4 rings (SSSR count). The molecule has 2 heterocycles. The number of carbonyl (C=O) groups is 4. The molecule has 10 heteroatoms. The first kappa shape index (κ1) is 24.1. The number of fused-ring (bicyclic) bond motifs is 1. The van der Waals surface area contributed by atoms with Crippen LogP contribution in [0.5, 0.6) is 0 Å². The molecule has 1 aromatic heterocycles. The molecule has 35 heavy (non-hydrogen) atoms. The van der Waals surface area contributed by atoms with Crippen LogP contribution in [0.1, 0.15) is 16.1 Å². The average molecular weight is 494 g/mol. The van der Waals surface area contributed by atoms with Gasteiger partial charge < -0.3 is 19.4 Å². The molecule has 0 bridgehead atoms. The van der Waals surface area contributed by atoms with Crippen LogP contribution < -0.4 is 15.1 Å². The van der Waals surface area contributed by atoms with Gasteiger partial charge in [-0.05, 0) is 36.4 Å². The lowest BCUT2D eigenvalue weighted by atomic mass is 10.1. The fraction of sp³-hybridized carbons (Fsp3) is 0.200. The zero-order valence-electron chi connectivity index (χ0n) is 18.9. The highest BCUT2D eigenvalue weighted by atomic mass is 32.2. The van der Waals surface area contributed by atoms with E-state index in [4.69, 9.17) is 9.15 Å². The van der Waals surface area contributed by atoms with E-state index in [0.717, 1.165) is 4.90 Å². The molecule has 0 aliphatic carbocycles. The summed E-state index contributed by atoms with van der Waals surface area (Å²) < 4.78 is 10.4. The van der Waals surface area contributed by atoms with E-state index in [1.54, 1.807) is 48.5 Å². The predicted molar refractivity (Wildman–Crippen MR) is 130 cm³/mol. The largest absolute Gasteiger partial charge is 0.467 e. The van der Waals surface area contributed by atoms with Crippen LogP contribution in [0.15, 0.2) is 76.2 Å². The number of ether oxygens (including phenoxy) is 1. The Morgan fingerprint density at radius 1 is 1.09 bits per heavy atom. The van der Waals surface area contributed by atoms with Gasteiger partial charge >= 0.3 is 5.97 Å². The summed E-state index contributed by atoms with van der Waals surface area (Å²) >= 11 is 1.41. The molecule has 0 spiro atoms. The van der Waals surface area contributed by atoms with Crippen LogP contribution in [0.25, 0.3) is 0 Å². The standard InChI is InChI=1S/C25H23N3O6S/c1-27(19-9-3-2-8-18(19)25(32)26-13-17-7-6-12-33-17)22(29)15-34-24(31)14-28-20-10-4-5-11-21(20)35-16-23(28)30/h2-12H,13-16H2,1H3,(H,26,32). The Morgan fingerprint density at radius 3 is 2.66 bits per heavy atom. The van der Waals surface area contributed by atoms with E-state index < -0.39 is 18.5 Å². The van der Waals surface area contributed by atoms with Gasteiger partial charge in [0, 0.05) is 11.9 Å². The van der Waals surface area contributed by atoms with Gasteiger partial charge in [0.1, 0.15) is 12.3 Å². The molecule has 0 radical (unpaired) electrons. The number of carbonyl (C=O) groups excluding carboxylic acids is 4. The van der Waals surface area contributed by atoms with Crippen molar-refractivity contribution in [3.63, 3.8) is 0 Å². The highest BCUT2D eigenvalue weighted by Gasteiger charge is 2.27. The summed E-state index contributed by atoms with van der Waals surface area (Å²) in [6, 6.07) is 17.4. The van der Waals surface area contributed by atoms with E-state index in [0.29, 0.717) is 17.1 Å². The topological polar surface area (TPSA) is 109 Å². The second kappa shape index (κ2) is 10.9. The van der Waals surface area contributed by atoms with E-state index >= 15 is 0 Å². The second-order valence-electron chi connectivity index (χ2n) is 7.63.